The third-order valence-electron chi connectivity index (χ3n) is 4.84. The smallest absolute Gasteiger partial charge is 0.303 e. The van der Waals surface area contributed by atoms with Gasteiger partial charge in [-0.1, -0.05) is 6.92 Å². The Morgan fingerprint density at radius 1 is 1.27 bits per heavy atom. The Balaban J connectivity index is 1.86. The molecule has 142 valence electrons. The maximum Gasteiger partial charge on any atom is 0.303 e. The molecule has 1 aliphatic heterocycles. The van der Waals surface area contributed by atoms with Gasteiger partial charge in [-0.25, -0.2) is 0 Å². The highest BCUT2D eigenvalue weighted by atomic mass is 32.1. The van der Waals surface area contributed by atoms with Gasteiger partial charge < -0.3 is 20.1 Å². The topological polar surface area (TPSA) is 95.9 Å². The van der Waals surface area contributed by atoms with Crippen molar-refractivity contribution in [3.8, 4) is 0 Å². The monoisotopic (exact) mass is 380 g/mol. The van der Waals surface area contributed by atoms with E-state index in [1.165, 1.54) is 11.3 Å². The van der Waals surface area contributed by atoms with Crippen LogP contribution in [0.2, 0.25) is 0 Å². The first kappa shape index (κ1) is 18.8. The Labute approximate surface area is 156 Å². The average molecular weight is 380 g/mol. The summed E-state index contributed by atoms with van der Waals surface area (Å²) in [6.07, 6.45) is 2.46. The van der Waals surface area contributed by atoms with Gasteiger partial charge in [0.05, 0.1) is 25.2 Å². The number of aliphatic carboxylic acids is 1. The van der Waals surface area contributed by atoms with E-state index in [2.05, 4.69) is 12.2 Å². The number of amides is 2. The van der Waals surface area contributed by atoms with Crippen molar-refractivity contribution in [1.82, 2.24) is 4.90 Å². The predicted octanol–water partition coefficient (Wildman–Crippen LogP) is 2.15. The van der Waals surface area contributed by atoms with Crippen LogP contribution >= 0.6 is 11.3 Å². The number of carboxylic acids is 1. The largest absolute Gasteiger partial charge is 0.481 e. The molecular weight excluding hydrogens is 356 g/mol. The number of carboxylic acid groups (broad SMARTS) is 1. The second kappa shape index (κ2) is 8.18. The number of thiophene rings is 1. The fraction of sp³-hybridized carbons (Fsp3) is 0.611. The molecule has 1 aromatic heterocycles. The van der Waals surface area contributed by atoms with Crippen LogP contribution in [0.1, 0.15) is 47.0 Å². The van der Waals surface area contributed by atoms with Gasteiger partial charge in [0.2, 0.25) is 5.91 Å². The molecule has 0 radical (unpaired) electrons. The number of hydrogen-bond donors (Lipinski definition) is 2. The standard InChI is InChI=1S/C18H24N2O5S/c1-11-2-3-12-13(10-11)26-17(19-14(21)4-5-15(22)23)16(12)18(24)20-6-8-25-9-7-20/h11H,2-10H2,1H3,(H,19,21)(H,22,23). The van der Waals surface area contributed by atoms with Crippen LogP contribution in [0.25, 0.3) is 0 Å². The Bertz CT molecular complexity index is 709. The molecule has 0 spiro atoms. The molecule has 2 N–H and O–H groups in total. The molecule has 0 bridgehead atoms. The van der Waals surface area contributed by atoms with Gasteiger partial charge in [-0.3, -0.25) is 14.4 Å². The normalized spacial score (nSPS) is 19.7. The van der Waals surface area contributed by atoms with E-state index < -0.39 is 5.97 Å². The van der Waals surface area contributed by atoms with Crippen molar-refractivity contribution < 1.29 is 24.2 Å². The zero-order valence-corrected chi connectivity index (χ0v) is 15.7. The molecule has 8 heteroatoms. The first-order valence-corrected chi connectivity index (χ1v) is 9.80. The summed E-state index contributed by atoms with van der Waals surface area (Å²) >= 11 is 1.46. The minimum Gasteiger partial charge on any atom is -0.481 e. The van der Waals surface area contributed by atoms with Crippen molar-refractivity contribution in [2.24, 2.45) is 5.92 Å². The predicted molar refractivity (Wildman–Crippen MR) is 97.7 cm³/mol. The van der Waals surface area contributed by atoms with Gasteiger partial charge >= 0.3 is 5.97 Å². The number of carbonyl (C=O) groups is 3. The second-order valence-corrected chi connectivity index (χ2v) is 8.01. The molecule has 2 amide bonds. The van der Waals surface area contributed by atoms with Crippen molar-refractivity contribution in [2.45, 2.75) is 39.0 Å². The van der Waals surface area contributed by atoms with Crippen LogP contribution in [0.4, 0.5) is 5.00 Å². The first-order valence-electron chi connectivity index (χ1n) is 8.99. The summed E-state index contributed by atoms with van der Waals surface area (Å²) in [5, 5.41) is 12.1. The van der Waals surface area contributed by atoms with E-state index in [9.17, 15) is 14.4 Å². The van der Waals surface area contributed by atoms with E-state index in [1.54, 1.807) is 4.90 Å². The van der Waals surface area contributed by atoms with E-state index in [1.807, 2.05) is 0 Å². The maximum absolute atomic E-state index is 13.1. The molecule has 1 atom stereocenters. The average Bonchev–Trinajstić information content (AvgIpc) is 2.96. The van der Waals surface area contributed by atoms with Crippen molar-refractivity contribution in [3.63, 3.8) is 0 Å². The van der Waals surface area contributed by atoms with Crippen LogP contribution in [0.15, 0.2) is 0 Å². The van der Waals surface area contributed by atoms with Crippen LogP contribution in [0, 0.1) is 5.92 Å². The van der Waals surface area contributed by atoms with Crippen molar-refractivity contribution in [1.29, 1.82) is 0 Å². The van der Waals surface area contributed by atoms with E-state index >= 15 is 0 Å². The molecule has 3 rings (SSSR count). The number of nitrogens with zero attached hydrogens (tertiary/aromatic N) is 1. The fourth-order valence-electron chi connectivity index (χ4n) is 3.40. The molecule has 1 aromatic rings. The lowest BCUT2D eigenvalue weighted by atomic mass is 9.88. The van der Waals surface area contributed by atoms with Crippen LogP contribution < -0.4 is 5.32 Å². The Kier molecular flexibility index (Phi) is 5.93. The summed E-state index contributed by atoms with van der Waals surface area (Å²) in [7, 11) is 0. The number of rotatable bonds is 5. The molecular formula is C18H24N2O5S. The number of ether oxygens (including phenoxy) is 1. The molecule has 26 heavy (non-hydrogen) atoms. The molecule has 2 heterocycles. The summed E-state index contributed by atoms with van der Waals surface area (Å²) in [6, 6.07) is 0. The fourth-order valence-corrected chi connectivity index (χ4v) is 4.82. The van der Waals surface area contributed by atoms with E-state index in [-0.39, 0.29) is 24.7 Å². The van der Waals surface area contributed by atoms with Gasteiger partial charge in [-0.2, -0.15) is 0 Å². The van der Waals surface area contributed by atoms with Gasteiger partial charge in [-0.15, -0.1) is 11.3 Å². The first-order chi connectivity index (χ1) is 12.5. The molecule has 1 fully saturated rings. The highest BCUT2D eigenvalue weighted by molar-refractivity contribution is 7.17. The quantitative estimate of drug-likeness (QED) is 0.816. The third-order valence-corrected chi connectivity index (χ3v) is 6.01. The van der Waals surface area contributed by atoms with Gasteiger partial charge in [0, 0.05) is 24.4 Å². The van der Waals surface area contributed by atoms with Crippen LogP contribution in [-0.2, 0) is 27.2 Å². The maximum atomic E-state index is 13.1. The van der Waals surface area contributed by atoms with E-state index in [4.69, 9.17) is 9.84 Å². The molecule has 7 nitrogen and oxygen atoms in total. The lowest BCUT2D eigenvalue weighted by molar-refractivity contribution is -0.138. The van der Waals surface area contributed by atoms with Gasteiger partial charge in [-0.05, 0) is 30.7 Å². The molecule has 0 aromatic carbocycles. The van der Waals surface area contributed by atoms with Crippen molar-refractivity contribution >= 4 is 34.1 Å². The summed E-state index contributed by atoms with van der Waals surface area (Å²) in [5.74, 6) is -0.879. The van der Waals surface area contributed by atoms with Gasteiger partial charge in [0.25, 0.3) is 5.91 Å². The van der Waals surface area contributed by atoms with Gasteiger partial charge in [0.15, 0.2) is 0 Å². The lowest BCUT2D eigenvalue weighted by Gasteiger charge is -2.28. The highest BCUT2D eigenvalue weighted by Crippen LogP contribution is 2.40. The number of carbonyl (C=O) groups excluding carboxylic acids is 2. The molecule has 1 saturated heterocycles. The molecule has 1 aliphatic carbocycles. The minimum absolute atomic E-state index is 0.0612. The van der Waals surface area contributed by atoms with Crippen LogP contribution in [0.5, 0.6) is 0 Å². The molecule has 2 aliphatic rings. The Morgan fingerprint density at radius 2 is 2.00 bits per heavy atom. The number of nitrogens with one attached hydrogen (secondary N) is 1. The Hall–Kier alpha value is -1.93. The van der Waals surface area contributed by atoms with Crippen molar-refractivity contribution in [3.05, 3.63) is 16.0 Å². The third kappa shape index (κ3) is 4.24. The number of anilines is 1. The highest BCUT2D eigenvalue weighted by Gasteiger charge is 2.31. The summed E-state index contributed by atoms with van der Waals surface area (Å²) in [4.78, 5) is 38.9. The molecule has 0 saturated carbocycles. The zero-order valence-electron chi connectivity index (χ0n) is 14.9. The Morgan fingerprint density at radius 3 is 2.69 bits per heavy atom. The number of morpholine rings is 1. The summed E-state index contributed by atoms with van der Waals surface area (Å²) < 4.78 is 5.33. The lowest BCUT2D eigenvalue weighted by Crippen LogP contribution is -2.41. The van der Waals surface area contributed by atoms with Gasteiger partial charge in [0.1, 0.15) is 5.00 Å². The minimum atomic E-state index is -1.01. The van der Waals surface area contributed by atoms with Crippen LogP contribution in [0.3, 0.4) is 0 Å². The van der Waals surface area contributed by atoms with Crippen molar-refractivity contribution in [2.75, 3.05) is 31.6 Å². The zero-order chi connectivity index (χ0) is 18.7. The van der Waals surface area contributed by atoms with E-state index in [0.29, 0.717) is 42.8 Å². The second-order valence-electron chi connectivity index (χ2n) is 6.90. The molecule has 1 unspecified atom stereocenters. The van der Waals surface area contributed by atoms with E-state index in [0.717, 1.165) is 29.7 Å². The summed E-state index contributed by atoms with van der Waals surface area (Å²) in [6.45, 7) is 4.33. The van der Waals surface area contributed by atoms with Crippen LogP contribution in [-0.4, -0.2) is 54.1 Å². The summed E-state index contributed by atoms with van der Waals surface area (Å²) in [5.41, 5.74) is 1.65. The number of hydrogen-bond acceptors (Lipinski definition) is 5. The SMILES string of the molecule is CC1CCc2c(sc(NC(=O)CCC(=O)O)c2C(=O)N2CCOCC2)C1. The number of fused-ring (bicyclic) bond motifs is 1.